The summed E-state index contributed by atoms with van der Waals surface area (Å²) in [6, 6.07) is 0. The number of carbonyl (C=O) groups is 1. The molecule has 82 valence electrons. The highest BCUT2D eigenvalue weighted by atomic mass is 19.1. The van der Waals surface area contributed by atoms with Crippen molar-refractivity contribution in [1.82, 2.24) is 4.90 Å². The SMILES string of the molecule is CC(C)O[C@H]1CN(C(=O)CO)C[C@H]1F. The number of amides is 1. The summed E-state index contributed by atoms with van der Waals surface area (Å²) in [5, 5.41) is 8.60. The van der Waals surface area contributed by atoms with E-state index in [9.17, 15) is 9.18 Å². The molecule has 1 N–H and O–H groups in total. The number of hydrogen-bond donors (Lipinski definition) is 1. The van der Waals surface area contributed by atoms with E-state index in [0.717, 1.165) is 0 Å². The second-order valence-electron chi connectivity index (χ2n) is 3.70. The van der Waals surface area contributed by atoms with Gasteiger partial charge in [-0.3, -0.25) is 4.79 Å². The molecule has 0 bridgehead atoms. The zero-order chi connectivity index (χ0) is 10.7. The first-order chi connectivity index (χ1) is 6.54. The minimum Gasteiger partial charge on any atom is -0.387 e. The Balaban J connectivity index is 2.47. The largest absolute Gasteiger partial charge is 0.387 e. The van der Waals surface area contributed by atoms with E-state index in [-0.39, 0.29) is 19.2 Å². The number of hydrogen-bond acceptors (Lipinski definition) is 3. The summed E-state index contributed by atoms with van der Waals surface area (Å²) in [7, 11) is 0. The third kappa shape index (κ3) is 2.65. The normalized spacial score (nSPS) is 27.4. The molecule has 0 spiro atoms. The summed E-state index contributed by atoms with van der Waals surface area (Å²) in [6.07, 6.45) is -1.75. The summed E-state index contributed by atoms with van der Waals surface area (Å²) in [5.74, 6) is -0.442. The van der Waals surface area contributed by atoms with E-state index in [1.165, 1.54) is 4.90 Å². The molecule has 0 radical (unpaired) electrons. The van der Waals surface area contributed by atoms with Crippen molar-refractivity contribution < 1.29 is 19.0 Å². The zero-order valence-corrected chi connectivity index (χ0v) is 8.44. The number of rotatable bonds is 3. The van der Waals surface area contributed by atoms with Crippen LogP contribution in [0.25, 0.3) is 0 Å². The first kappa shape index (κ1) is 11.4. The zero-order valence-electron chi connectivity index (χ0n) is 8.44. The first-order valence-corrected chi connectivity index (χ1v) is 4.72. The van der Waals surface area contributed by atoms with Gasteiger partial charge in [-0.25, -0.2) is 4.39 Å². The van der Waals surface area contributed by atoms with Crippen LogP contribution >= 0.6 is 0 Å². The third-order valence-corrected chi connectivity index (χ3v) is 2.13. The molecule has 0 saturated carbocycles. The summed E-state index contributed by atoms with van der Waals surface area (Å²) < 4.78 is 18.6. The van der Waals surface area contributed by atoms with Crippen LogP contribution in [0.15, 0.2) is 0 Å². The number of alkyl halides is 1. The van der Waals surface area contributed by atoms with Gasteiger partial charge in [-0.2, -0.15) is 0 Å². The monoisotopic (exact) mass is 205 g/mol. The Morgan fingerprint density at radius 3 is 2.79 bits per heavy atom. The fourth-order valence-electron chi connectivity index (χ4n) is 1.52. The van der Waals surface area contributed by atoms with Crippen LogP contribution in [0.4, 0.5) is 4.39 Å². The molecule has 5 heteroatoms. The van der Waals surface area contributed by atoms with E-state index >= 15 is 0 Å². The molecule has 1 aliphatic rings. The van der Waals surface area contributed by atoms with E-state index in [2.05, 4.69) is 0 Å². The summed E-state index contributed by atoms with van der Waals surface area (Å²) in [6.45, 7) is 3.34. The Labute approximate surface area is 82.6 Å². The van der Waals surface area contributed by atoms with Gasteiger partial charge in [-0.1, -0.05) is 0 Å². The summed E-state index contributed by atoms with van der Waals surface area (Å²) in [4.78, 5) is 12.3. The van der Waals surface area contributed by atoms with Crippen LogP contribution in [0, 0.1) is 0 Å². The molecule has 14 heavy (non-hydrogen) atoms. The molecule has 1 rings (SSSR count). The number of ether oxygens (including phenoxy) is 1. The standard InChI is InChI=1S/C9H16FNO3/c1-6(2)14-8-4-11(3-7(8)10)9(13)5-12/h6-8,12H,3-5H2,1-2H3/t7-,8+/m1/s1. The molecule has 1 aliphatic heterocycles. The van der Waals surface area contributed by atoms with Gasteiger partial charge in [0.1, 0.15) is 18.9 Å². The quantitative estimate of drug-likeness (QED) is 0.703. The van der Waals surface area contributed by atoms with Crippen LogP contribution in [-0.2, 0) is 9.53 Å². The summed E-state index contributed by atoms with van der Waals surface area (Å²) in [5.41, 5.74) is 0. The highest BCUT2D eigenvalue weighted by Gasteiger charge is 2.36. The lowest BCUT2D eigenvalue weighted by Crippen LogP contribution is -2.32. The number of aliphatic hydroxyl groups is 1. The Kier molecular flexibility index (Phi) is 3.83. The molecule has 2 atom stereocenters. The predicted octanol–water partition coefficient (Wildman–Crippen LogP) is -0.0474. The topological polar surface area (TPSA) is 49.8 Å². The Hall–Kier alpha value is -0.680. The fourth-order valence-corrected chi connectivity index (χ4v) is 1.52. The van der Waals surface area contributed by atoms with Crippen molar-refractivity contribution in [1.29, 1.82) is 0 Å². The molecule has 1 fully saturated rings. The van der Waals surface area contributed by atoms with Crippen molar-refractivity contribution in [3.8, 4) is 0 Å². The van der Waals surface area contributed by atoms with Crippen LogP contribution < -0.4 is 0 Å². The predicted molar refractivity (Wildman–Crippen MR) is 48.6 cm³/mol. The number of nitrogens with zero attached hydrogens (tertiary/aromatic N) is 1. The van der Waals surface area contributed by atoms with E-state index < -0.39 is 24.8 Å². The van der Waals surface area contributed by atoms with Gasteiger partial charge in [0.2, 0.25) is 5.91 Å². The Bertz CT molecular complexity index is 210. The van der Waals surface area contributed by atoms with Crippen molar-refractivity contribution >= 4 is 5.91 Å². The van der Waals surface area contributed by atoms with Gasteiger partial charge in [-0.05, 0) is 13.8 Å². The average Bonchev–Trinajstić information content (AvgIpc) is 2.46. The molecule has 1 saturated heterocycles. The van der Waals surface area contributed by atoms with Gasteiger partial charge < -0.3 is 14.7 Å². The maximum atomic E-state index is 13.3. The van der Waals surface area contributed by atoms with E-state index in [1.54, 1.807) is 0 Å². The molecular weight excluding hydrogens is 189 g/mol. The highest BCUT2D eigenvalue weighted by molar-refractivity contribution is 5.77. The van der Waals surface area contributed by atoms with Crippen LogP contribution in [0.3, 0.4) is 0 Å². The van der Waals surface area contributed by atoms with Crippen LogP contribution in [0.5, 0.6) is 0 Å². The lowest BCUT2D eigenvalue weighted by atomic mass is 10.3. The molecular formula is C9H16FNO3. The molecule has 0 unspecified atom stereocenters. The van der Waals surface area contributed by atoms with Gasteiger partial charge in [0.25, 0.3) is 0 Å². The van der Waals surface area contributed by atoms with Crippen LogP contribution in [-0.4, -0.2) is 54.0 Å². The lowest BCUT2D eigenvalue weighted by molar-refractivity contribution is -0.133. The maximum absolute atomic E-state index is 13.3. The van der Waals surface area contributed by atoms with E-state index in [4.69, 9.17) is 9.84 Å². The second kappa shape index (κ2) is 4.70. The second-order valence-corrected chi connectivity index (χ2v) is 3.70. The highest BCUT2D eigenvalue weighted by Crippen LogP contribution is 2.18. The molecule has 0 aliphatic carbocycles. The lowest BCUT2D eigenvalue weighted by Gasteiger charge is -2.17. The van der Waals surface area contributed by atoms with Crippen molar-refractivity contribution in [2.75, 3.05) is 19.7 Å². The number of likely N-dealkylation sites (tertiary alicyclic amines) is 1. The molecule has 0 aromatic carbocycles. The average molecular weight is 205 g/mol. The van der Waals surface area contributed by atoms with Crippen LogP contribution in [0.1, 0.15) is 13.8 Å². The Morgan fingerprint density at radius 1 is 1.64 bits per heavy atom. The van der Waals surface area contributed by atoms with Gasteiger partial charge in [0, 0.05) is 6.54 Å². The minimum absolute atomic E-state index is 0.0246. The van der Waals surface area contributed by atoms with Crippen molar-refractivity contribution in [2.24, 2.45) is 0 Å². The van der Waals surface area contributed by atoms with Gasteiger partial charge >= 0.3 is 0 Å². The number of halogens is 1. The first-order valence-electron chi connectivity index (χ1n) is 4.72. The van der Waals surface area contributed by atoms with E-state index in [0.29, 0.717) is 0 Å². The number of aliphatic hydroxyl groups excluding tert-OH is 1. The summed E-state index contributed by atoms with van der Waals surface area (Å²) >= 11 is 0. The molecule has 4 nitrogen and oxygen atoms in total. The maximum Gasteiger partial charge on any atom is 0.248 e. The van der Waals surface area contributed by atoms with Crippen molar-refractivity contribution in [3.63, 3.8) is 0 Å². The fraction of sp³-hybridized carbons (Fsp3) is 0.889. The minimum atomic E-state index is -1.15. The molecule has 0 aromatic heterocycles. The van der Waals surface area contributed by atoms with Crippen molar-refractivity contribution in [3.05, 3.63) is 0 Å². The third-order valence-electron chi connectivity index (χ3n) is 2.13. The number of carbonyl (C=O) groups excluding carboxylic acids is 1. The van der Waals surface area contributed by atoms with Gasteiger partial charge in [-0.15, -0.1) is 0 Å². The smallest absolute Gasteiger partial charge is 0.248 e. The Morgan fingerprint density at radius 2 is 2.29 bits per heavy atom. The van der Waals surface area contributed by atoms with Crippen molar-refractivity contribution in [2.45, 2.75) is 32.2 Å². The van der Waals surface area contributed by atoms with Gasteiger partial charge in [0.15, 0.2) is 0 Å². The van der Waals surface area contributed by atoms with Gasteiger partial charge in [0.05, 0.1) is 12.6 Å². The molecule has 1 heterocycles. The van der Waals surface area contributed by atoms with Crippen LogP contribution in [0.2, 0.25) is 0 Å². The molecule has 1 amide bonds. The van der Waals surface area contributed by atoms with E-state index in [1.807, 2.05) is 13.8 Å². The molecule has 0 aromatic rings.